The van der Waals surface area contributed by atoms with Crippen LogP contribution in [0.3, 0.4) is 0 Å². The maximum Gasteiger partial charge on any atom is 0.137 e. The summed E-state index contributed by atoms with van der Waals surface area (Å²) in [4.78, 5) is 12.1. The Balaban J connectivity index is 1.75. The molecule has 0 spiro atoms. The number of rotatable bonds is 3. The summed E-state index contributed by atoms with van der Waals surface area (Å²) in [6, 6.07) is 0.896. The Labute approximate surface area is 125 Å². The monoisotopic (exact) mass is 288 g/mol. The molecule has 1 aromatic rings. The Hall–Kier alpha value is -1.36. The minimum absolute atomic E-state index is 0.132. The lowest BCUT2D eigenvalue weighted by Gasteiger charge is -2.39. The molecule has 0 radical (unpaired) electrons. The van der Waals surface area contributed by atoms with Gasteiger partial charge in [0.1, 0.15) is 17.5 Å². The molecule has 3 aliphatic rings. The van der Waals surface area contributed by atoms with Crippen LogP contribution in [0.4, 0.5) is 11.6 Å². The summed E-state index contributed by atoms with van der Waals surface area (Å²) in [5, 5.41) is 13.2. The van der Waals surface area contributed by atoms with Crippen molar-refractivity contribution in [2.45, 2.75) is 69.6 Å². The first-order valence-corrected chi connectivity index (χ1v) is 8.20. The maximum atomic E-state index is 10.0. The number of aromatic nitrogens is 2. The molecule has 0 aromatic carbocycles. The SMILES string of the molecule is CNc1nc(C2CC2)nc(N2C3CCC2CC(O)C3)c1C. The summed E-state index contributed by atoms with van der Waals surface area (Å²) in [6.07, 6.45) is 6.43. The van der Waals surface area contributed by atoms with E-state index in [4.69, 9.17) is 9.97 Å². The Bertz CT molecular complexity index is 543. The van der Waals surface area contributed by atoms with E-state index in [0.29, 0.717) is 18.0 Å². The molecule has 2 N–H and O–H groups in total. The van der Waals surface area contributed by atoms with Gasteiger partial charge in [0.15, 0.2) is 0 Å². The second kappa shape index (κ2) is 4.83. The van der Waals surface area contributed by atoms with Gasteiger partial charge in [-0.3, -0.25) is 0 Å². The number of piperidine rings is 1. The van der Waals surface area contributed by atoms with Crippen molar-refractivity contribution in [2.75, 3.05) is 17.3 Å². The summed E-state index contributed by atoms with van der Waals surface area (Å²) in [5.41, 5.74) is 1.15. The van der Waals surface area contributed by atoms with Gasteiger partial charge in [-0.1, -0.05) is 0 Å². The number of aliphatic hydroxyl groups excluding tert-OH is 1. The van der Waals surface area contributed by atoms with E-state index in [1.54, 1.807) is 0 Å². The molecule has 5 nitrogen and oxygen atoms in total. The third-order valence-corrected chi connectivity index (χ3v) is 5.27. The van der Waals surface area contributed by atoms with E-state index in [9.17, 15) is 5.11 Å². The van der Waals surface area contributed by atoms with Gasteiger partial charge < -0.3 is 15.3 Å². The fourth-order valence-corrected chi connectivity index (χ4v) is 4.03. The molecule has 1 aliphatic carbocycles. The van der Waals surface area contributed by atoms with Gasteiger partial charge in [0, 0.05) is 30.6 Å². The van der Waals surface area contributed by atoms with Gasteiger partial charge in [-0.15, -0.1) is 0 Å². The zero-order chi connectivity index (χ0) is 14.6. The van der Waals surface area contributed by atoms with Crippen LogP contribution in [0.2, 0.25) is 0 Å². The minimum Gasteiger partial charge on any atom is -0.393 e. The molecule has 21 heavy (non-hydrogen) atoms. The number of fused-ring (bicyclic) bond motifs is 2. The Kier molecular flexibility index (Phi) is 3.06. The molecule has 5 heteroatoms. The highest BCUT2D eigenvalue weighted by Gasteiger charge is 2.42. The van der Waals surface area contributed by atoms with E-state index >= 15 is 0 Å². The van der Waals surface area contributed by atoms with E-state index in [0.717, 1.165) is 35.9 Å². The van der Waals surface area contributed by atoms with Crippen LogP contribution >= 0.6 is 0 Å². The van der Waals surface area contributed by atoms with Crippen molar-refractivity contribution in [3.05, 3.63) is 11.4 Å². The Morgan fingerprint density at radius 1 is 1.10 bits per heavy atom. The third kappa shape index (κ3) is 2.18. The van der Waals surface area contributed by atoms with Crippen LogP contribution in [0.5, 0.6) is 0 Å². The van der Waals surface area contributed by atoms with Crippen molar-refractivity contribution in [3.63, 3.8) is 0 Å². The summed E-state index contributed by atoms with van der Waals surface area (Å²) in [6.45, 7) is 2.11. The molecule has 2 aliphatic heterocycles. The van der Waals surface area contributed by atoms with Crippen LogP contribution in [0.25, 0.3) is 0 Å². The molecule has 114 valence electrons. The van der Waals surface area contributed by atoms with Crippen LogP contribution in [-0.2, 0) is 0 Å². The smallest absolute Gasteiger partial charge is 0.137 e. The molecular weight excluding hydrogens is 264 g/mol. The fraction of sp³-hybridized carbons (Fsp3) is 0.750. The quantitative estimate of drug-likeness (QED) is 0.893. The largest absolute Gasteiger partial charge is 0.393 e. The second-order valence-electron chi connectivity index (χ2n) is 6.82. The molecule has 4 rings (SSSR count). The van der Waals surface area contributed by atoms with Crippen LogP contribution in [0.1, 0.15) is 55.8 Å². The van der Waals surface area contributed by atoms with Crippen molar-refractivity contribution < 1.29 is 5.11 Å². The molecule has 3 heterocycles. The highest BCUT2D eigenvalue weighted by molar-refractivity contribution is 5.60. The van der Waals surface area contributed by atoms with E-state index in [2.05, 4.69) is 17.1 Å². The first kappa shape index (κ1) is 13.3. The van der Waals surface area contributed by atoms with Crippen molar-refractivity contribution in [2.24, 2.45) is 0 Å². The fourth-order valence-electron chi connectivity index (χ4n) is 4.03. The van der Waals surface area contributed by atoms with Gasteiger partial charge >= 0.3 is 0 Å². The number of aliphatic hydroxyl groups is 1. The van der Waals surface area contributed by atoms with Gasteiger partial charge in [0.2, 0.25) is 0 Å². The van der Waals surface area contributed by atoms with E-state index in [1.807, 2.05) is 7.05 Å². The van der Waals surface area contributed by atoms with E-state index in [-0.39, 0.29) is 6.10 Å². The topological polar surface area (TPSA) is 61.3 Å². The summed E-state index contributed by atoms with van der Waals surface area (Å²) in [7, 11) is 1.93. The van der Waals surface area contributed by atoms with Crippen LogP contribution in [0, 0.1) is 6.92 Å². The second-order valence-corrected chi connectivity index (χ2v) is 6.82. The number of nitrogens with one attached hydrogen (secondary N) is 1. The predicted molar refractivity (Wildman–Crippen MR) is 82.8 cm³/mol. The number of anilines is 2. The van der Waals surface area contributed by atoms with E-state index in [1.165, 1.54) is 25.7 Å². The summed E-state index contributed by atoms with van der Waals surface area (Å²) >= 11 is 0. The summed E-state index contributed by atoms with van der Waals surface area (Å²) < 4.78 is 0. The molecular formula is C16H24N4O. The lowest BCUT2D eigenvalue weighted by Crippen LogP contribution is -2.45. The first-order chi connectivity index (χ1) is 10.2. The average Bonchev–Trinajstić information content (AvgIpc) is 3.26. The molecule has 2 unspecified atom stereocenters. The van der Waals surface area contributed by atoms with Gasteiger partial charge in [-0.05, 0) is 45.4 Å². The first-order valence-electron chi connectivity index (χ1n) is 8.20. The summed E-state index contributed by atoms with van der Waals surface area (Å²) in [5.74, 6) is 3.64. The van der Waals surface area contributed by atoms with Gasteiger partial charge in [-0.25, -0.2) is 9.97 Å². The van der Waals surface area contributed by atoms with Gasteiger partial charge in [-0.2, -0.15) is 0 Å². The molecule has 2 saturated heterocycles. The lowest BCUT2D eigenvalue weighted by atomic mass is 9.99. The lowest BCUT2D eigenvalue weighted by molar-refractivity contribution is 0.126. The number of nitrogens with zero attached hydrogens (tertiary/aromatic N) is 3. The molecule has 3 fully saturated rings. The molecule has 2 atom stereocenters. The van der Waals surface area contributed by atoms with Crippen LogP contribution in [-0.4, -0.2) is 40.3 Å². The Morgan fingerprint density at radius 2 is 1.76 bits per heavy atom. The molecule has 2 bridgehead atoms. The van der Waals surface area contributed by atoms with Crippen LogP contribution < -0.4 is 10.2 Å². The average molecular weight is 288 g/mol. The zero-order valence-corrected chi connectivity index (χ0v) is 12.8. The molecule has 0 amide bonds. The third-order valence-electron chi connectivity index (χ3n) is 5.27. The van der Waals surface area contributed by atoms with Crippen molar-refractivity contribution in [1.82, 2.24) is 9.97 Å². The van der Waals surface area contributed by atoms with Gasteiger partial charge in [0.25, 0.3) is 0 Å². The molecule has 1 saturated carbocycles. The standard InChI is InChI=1S/C16H24N4O/c1-9-14(17-2)18-15(10-3-4-10)19-16(9)20-11-5-6-12(20)8-13(21)7-11/h10-13,21H,3-8H2,1-2H3,(H,17,18,19). The van der Waals surface area contributed by atoms with Crippen molar-refractivity contribution >= 4 is 11.6 Å². The Morgan fingerprint density at radius 3 is 2.33 bits per heavy atom. The van der Waals surface area contributed by atoms with Crippen molar-refractivity contribution in [1.29, 1.82) is 0 Å². The van der Waals surface area contributed by atoms with Gasteiger partial charge in [0.05, 0.1) is 6.10 Å². The number of hydrogen-bond donors (Lipinski definition) is 2. The van der Waals surface area contributed by atoms with E-state index < -0.39 is 0 Å². The minimum atomic E-state index is -0.132. The zero-order valence-electron chi connectivity index (χ0n) is 12.8. The highest BCUT2D eigenvalue weighted by Crippen LogP contribution is 2.43. The van der Waals surface area contributed by atoms with Crippen LogP contribution in [0.15, 0.2) is 0 Å². The highest BCUT2D eigenvalue weighted by atomic mass is 16.3. The normalized spacial score (nSPS) is 31.6. The maximum absolute atomic E-state index is 10.0. The molecule has 1 aromatic heterocycles. The number of hydrogen-bond acceptors (Lipinski definition) is 5. The predicted octanol–water partition coefficient (Wildman–Crippen LogP) is 2.20. The van der Waals surface area contributed by atoms with Crippen molar-refractivity contribution in [3.8, 4) is 0 Å².